The SMILES string of the molecule is CCCn1c(CCl)nnc1-c1ccc(Br)cc1Cl. The molecule has 1 heterocycles. The Morgan fingerprint density at radius 3 is 2.72 bits per heavy atom. The van der Waals surface area contributed by atoms with Crippen molar-refractivity contribution in [3.8, 4) is 11.4 Å². The van der Waals surface area contributed by atoms with Gasteiger partial charge in [-0.2, -0.15) is 0 Å². The number of rotatable bonds is 4. The van der Waals surface area contributed by atoms with E-state index in [4.69, 9.17) is 23.2 Å². The second-order valence-electron chi connectivity index (χ2n) is 3.85. The topological polar surface area (TPSA) is 30.7 Å². The van der Waals surface area contributed by atoms with Crippen LogP contribution in [0.3, 0.4) is 0 Å². The normalized spacial score (nSPS) is 10.9. The Morgan fingerprint density at radius 1 is 1.33 bits per heavy atom. The van der Waals surface area contributed by atoms with E-state index in [2.05, 4.69) is 33.1 Å². The predicted molar refractivity (Wildman–Crippen MR) is 78.0 cm³/mol. The molecule has 0 amide bonds. The summed E-state index contributed by atoms with van der Waals surface area (Å²) in [4.78, 5) is 0. The standard InChI is InChI=1S/C12H12BrCl2N3/c1-2-5-18-11(7-14)16-17-12(18)9-4-3-8(13)6-10(9)15/h3-4,6H,2,5,7H2,1H3. The quantitative estimate of drug-likeness (QED) is 0.761. The number of hydrogen-bond acceptors (Lipinski definition) is 2. The molecule has 18 heavy (non-hydrogen) atoms. The van der Waals surface area contributed by atoms with Gasteiger partial charge in [-0.15, -0.1) is 21.8 Å². The summed E-state index contributed by atoms with van der Waals surface area (Å²) in [6.45, 7) is 2.93. The molecule has 0 aliphatic rings. The Morgan fingerprint density at radius 2 is 2.11 bits per heavy atom. The Hall–Kier alpha value is -0.580. The van der Waals surface area contributed by atoms with Crippen molar-refractivity contribution in [1.82, 2.24) is 14.8 Å². The predicted octanol–water partition coefficient (Wildman–Crippen LogP) is 4.51. The van der Waals surface area contributed by atoms with Crippen LogP contribution in [0.25, 0.3) is 11.4 Å². The van der Waals surface area contributed by atoms with E-state index in [0.29, 0.717) is 10.9 Å². The molecule has 0 saturated carbocycles. The van der Waals surface area contributed by atoms with Gasteiger partial charge in [-0.1, -0.05) is 34.5 Å². The van der Waals surface area contributed by atoms with Crippen LogP contribution in [0.1, 0.15) is 19.2 Å². The van der Waals surface area contributed by atoms with Crippen molar-refractivity contribution in [2.24, 2.45) is 0 Å². The van der Waals surface area contributed by atoms with Crippen LogP contribution in [0, 0.1) is 0 Å². The molecular weight excluding hydrogens is 337 g/mol. The zero-order valence-electron chi connectivity index (χ0n) is 9.83. The Labute approximate surface area is 124 Å². The number of nitrogens with zero attached hydrogens (tertiary/aromatic N) is 3. The van der Waals surface area contributed by atoms with Crippen molar-refractivity contribution < 1.29 is 0 Å². The van der Waals surface area contributed by atoms with Crippen LogP contribution >= 0.6 is 39.1 Å². The van der Waals surface area contributed by atoms with E-state index in [1.54, 1.807) is 0 Å². The van der Waals surface area contributed by atoms with Gasteiger partial charge in [-0.25, -0.2) is 0 Å². The molecule has 0 aliphatic carbocycles. The van der Waals surface area contributed by atoms with Crippen molar-refractivity contribution in [1.29, 1.82) is 0 Å². The maximum absolute atomic E-state index is 6.24. The minimum atomic E-state index is 0.348. The van der Waals surface area contributed by atoms with Crippen molar-refractivity contribution in [2.45, 2.75) is 25.8 Å². The maximum Gasteiger partial charge on any atom is 0.165 e. The van der Waals surface area contributed by atoms with Crippen molar-refractivity contribution >= 4 is 39.1 Å². The van der Waals surface area contributed by atoms with Crippen molar-refractivity contribution in [3.63, 3.8) is 0 Å². The summed E-state index contributed by atoms with van der Waals surface area (Å²) in [7, 11) is 0. The lowest BCUT2D eigenvalue weighted by Crippen LogP contribution is -2.04. The number of benzene rings is 1. The largest absolute Gasteiger partial charge is 0.310 e. The van der Waals surface area contributed by atoms with Gasteiger partial charge in [0, 0.05) is 16.6 Å². The molecule has 6 heteroatoms. The van der Waals surface area contributed by atoms with Crippen molar-refractivity contribution in [3.05, 3.63) is 33.5 Å². The molecule has 0 radical (unpaired) electrons. The minimum Gasteiger partial charge on any atom is -0.310 e. The molecule has 0 spiro atoms. The average molecular weight is 349 g/mol. The second kappa shape index (κ2) is 6.04. The lowest BCUT2D eigenvalue weighted by Gasteiger charge is -2.09. The third-order valence-corrected chi connectivity index (χ3v) is 3.61. The summed E-state index contributed by atoms with van der Waals surface area (Å²) in [5.41, 5.74) is 0.872. The summed E-state index contributed by atoms with van der Waals surface area (Å²) in [5, 5.41) is 8.95. The highest BCUT2D eigenvalue weighted by atomic mass is 79.9. The molecule has 2 aromatic rings. The lowest BCUT2D eigenvalue weighted by atomic mass is 10.2. The molecule has 0 bridgehead atoms. The molecule has 0 atom stereocenters. The van der Waals surface area contributed by atoms with E-state index in [-0.39, 0.29) is 0 Å². The number of aromatic nitrogens is 3. The van der Waals surface area contributed by atoms with Crippen LogP contribution in [0.15, 0.2) is 22.7 Å². The van der Waals surface area contributed by atoms with Gasteiger partial charge in [0.05, 0.1) is 10.9 Å². The minimum absolute atomic E-state index is 0.348. The number of hydrogen-bond donors (Lipinski definition) is 0. The summed E-state index contributed by atoms with van der Waals surface area (Å²) < 4.78 is 2.96. The van der Waals surface area contributed by atoms with Crippen LogP contribution in [-0.4, -0.2) is 14.8 Å². The Kier molecular flexibility index (Phi) is 4.65. The number of halogens is 3. The van der Waals surface area contributed by atoms with E-state index >= 15 is 0 Å². The monoisotopic (exact) mass is 347 g/mol. The second-order valence-corrected chi connectivity index (χ2v) is 5.44. The van der Waals surface area contributed by atoms with Gasteiger partial charge >= 0.3 is 0 Å². The first kappa shape index (κ1) is 13.8. The molecule has 0 aliphatic heterocycles. The van der Waals surface area contributed by atoms with Gasteiger partial charge in [0.1, 0.15) is 5.82 Å². The molecule has 0 saturated heterocycles. The van der Waals surface area contributed by atoms with Gasteiger partial charge < -0.3 is 4.57 Å². The van der Waals surface area contributed by atoms with E-state index in [9.17, 15) is 0 Å². The van der Waals surface area contributed by atoms with Gasteiger partial charge in [0.2, 0.25) is 0 Å². The van der Waals surface area contributed by atoms with E-state index < -0.39 is 0 Å². The van der Waals surface area contributed by atoms with Crippen LogP contribution in [0.4, 0.5) is 0 Å². The highest BCUT2D eigenvalue weighted by Crippen LogP contribution is 2.30. The molecule has 0 N–H and O–H groups in total. The molecule has 1 aromatic heterocycles. The zero-order valence-corrected chi connectivity index (χ0v) is 12.9. The highest BCUT2D eigenvalue weighted by Gasteiger charge is 2.15. The van der Waals surface area contributed by atoms with Gasteiger partial charge in [-0.3, -0.25) is 0 Å². The first-order valence-corrected chi connectivity index (χ1v) is 7.31. The molecule has 2 rings (SSSR count). The fourth-order valence-electron chi connectivity index (χ4n) is 1.76. The Bertz CT molecular complexity index is 554. The Balaban J connectivity index is 2.52. The van der Waals surface area contributed by atoms with Gasteiger partial charge in [0.25, 0.3) is 0 Å². The summed E-state index contributed by atoms with van der Waals surface area (Å²) in [6, 6.07) is 5.72. The van der Waals surface area contributed by atoms with Crippen LogP contribution < -0.4 is 0 Å². The maximum atomic E-state index is 6.24. The molecule has 96 valence electrons. The smallest absolute Gasteiger partial charge is 0.165 e. The van der Waals surface area contributed by atoms with E-state index in [1.807, 2.05) is 22.8 Å². The first-order chi connectivity index (χ1) is 8.67. The fourth-order valence-corrected chi connectivity index (χ4v) is 2.72. The first-order valence-electron chi connectivity index (χ1n) is 5.60. The fraction of sp³-hybridized carbons (Fsp3) is 0.333. The van der Waals surface area contributed by atoms with Crippen LogP contribution in [0.2, 0.25) is 5.02 Å². The summed E-state index contributed by atoms with van der Waals surface area (Å²) in [5.74, 6) is 1.89. The molecular formula is C12H12BrCl2N3. The third kappa shape index (κ3) is 2.71. The van der Waals surface area contributed by atoms with Crippen LogP contribution in [-0.2, 0) is 12.4 Å². The molecule has 0 unspecified atom stereocenters. The van der Waals surface area contributed by atoms with Gasteiger partial charge in [-0.05, 0) is 24.6 Å². The molecule has 0 fully saturated rings. The van der Waals surface area contributed by atoms with E-state index in [0.717, 1.165) is 34.7 Å². The number of alkyl halides is 1. The van der Waals surface area contributed by atoms with Crippen molar-refractivity contribution in [2.75, 3.05) is 0 Å². The molecule has 1 aromatic carbocycles. The third-order valence-electron chi connectivity index (χ3n) is 2.57. The average Bonchev–Trinajstić information content (AvgIpc) is 2.73. The zero-order chi connectivity index (χ0) is 13.1. The lowest BCUT2D eigenvalue weighted by molar-refractivity contribution is 0.659. The highest BCUT2D eigenvalue weighted by molar-refractivity contribution is 9.10. The van der Waals surface area contributed by atoms with Gasteiger partial charge in [0.15, 0.2) is 5.82 Å². The summed E-state index contributed by atoms with van der Waals surface area (Å²) >= 11 is 15.5. The van der Waals surface area contributed by atoms with Crippen LogP contribution in [0.5, 0.6) is 0 Å². The molecule has 3 nitrogen and oxygen atoms in total. The van der Waals surface area contributed by atoms with E-state index in [1.165, 1.54) is 0 Å². The summed E-state index contributed by atoms with van der Waals surface area (Å²) in [6.07, 6.45) is 0.989.